The van der Waals surface area contributed by atoms with Crippen molar-refractivity contribution in [1.82, 2.24) is 0 Å². The third-order valence-electron chi connectivity index (χ3n) is 1.56. The predicted octanol–water partition coefficient (Wildman–Crippen LogP) is 3.38. The molecular formula is C12H28O2. The van der Waals surface area contributed by atoms with Gasteiger partial charge in [-0.1, -0.05) is 26.2 Å². The van der Waals surface area contributed by atoms with Crippen LogP contribution in [0.4, 0.5) is 0 Å². The number of aliphatic hydroxyl groups excluding tert-OH is 1. The van der Waals surface area contributed by atoms with Crippen molar-refractivity contribution in [2.24, 2.45) is 0 Å². The van der Waals surface area contributed by atoms with Gasteiger partial charge in [-0.05, 0) is 34.1 Å². The van der Waals surface area contributed by atoms with Crippen molar-refractivity contribution in [2.75, 3.05) is 6.61 Å². The zero-order valence-electron chi connectivity index (χ0n) is 10.5. The van der Waals surface area contributed by atoms with Crippen LogP contribution in [0.3, 0.4) is 0 Å². The Labute approximate surface area is 89.7 Å². The summed E-state index contributed by atoms with van der Waals surface area (Å²) in [5.41, 5.74) is 0. The molecule has 0 fully saturated rings. The Balaban J connectivity index is 0. The van der Waals surface area contributed by atoms with Gasteiger partial charge in [-0.3, -0.25) is 0 Å². The lowest BCUT2D eigenvalue weighted by Crippen LogP contribution is -2.09. The SMILES string of the molecule is CC(C)OC(C)C.CCCCCCO. The van der Waals surface area contributed by atoms with Gasteiger partial charge in [0, 0.05) is 6.61 Å². The minimum atomic E-state index is 0.361. The molecule has 14 heavy (non-hydrogen) atoms. The van der Waals surface area contributed by atoms with E-state index in [2.05, 4.69) is 6.92 Å². The van der Waals surface area contributed by atoms with Crippen LogP contribution in [-0.4, -0.2) is 23.9 Å². The molecule has 0 rings (SSSR count). The van der Waals surface area contributed by atoms with E-state index in [9.17, 15) is 0 Å². The Morgan fingerprint density at radius 1 is 0.929 bits per heavy atom. The average Bonchev–Trinajstić information content (AvgIpc) is 2.04. The van der Waals surface area contributed by atoms with Crippen molar-refractivity contribution in [2.45, 2.75) is 72.5 Å². The van der Waals surface area contributed by atoms with E-state index in [1.165, 1.54) is 19.3 Å². The van der Waals surface area contributed by atoms with Gasteiger partial charge in [0.2, 0.25) is 0 Å². The molecule has 88 valence electrons. The first-order chi connectivity index (χ1) is 6.54. The quantitative estimate of drug-likeness (QED) is 0.672. The smallest absolute Gasteiger partial charge is 0.0522 e. The van der Waals surface area contributed by atoms with Crippen LogP contribution in [0.1, 0.15) is 60.3 Å². The number of aliphatic hydroxyl groups is 1. The van der Waals surface area contributed by atoms with Crippen molar-refractivity contribution in [1.29, 1.82) is 0 Å². The summed E-state index contributed by atoms with van der Waals surface area (Å²) in [4.78, 5) is 0. The predicted molar refractivity (Wildman–Crippen MR) is 62.6 cm³/mol. The first kappa shape index (κ1) is 16.4. The fourth-order valence-corrected chi connectivity index (χ4v) is 1.08. The first-order valence-corrected chi connectivity index (χ1v) is 5.80. The van der Waals surface area contributed by atoms with E-state index in [0.717, 1.165) is 6.42 Å². The van der Waals surface area contributed by atoms with Crippen LogP contribution in [0, 0.1) is 0 Å². The van der Waals surface area contributed by atoms with Gasteiger partial charge in [-0.2, -0.15) is 0 Å². The lowest BCUT2D eigenvalue weighted by Gasteiger charge is -2.09. The highest BCUT2D eigenvalue weighted by molar-refractivity contribution is 4.40. The number of ether oxygens (including phenoxy) is 1. The number of rotatable bonds is 6. The molecule has 0 aliphatic heterocycles. The van der Waals surface area contributed by atoms with Crippen LogP contribution in [0.2, 0.25) is 0 Å². The Bertz CT molecular complexity index is 80.3. The van der Waals surface area contributed by atoms with Gasteiger partial charge in [0.05, 0.1) is 12.2 Å². The largest absolute Gasteiger partial charge is 0.396 e. The van der Waals surface area contributed by atoms with Gasteiger partial charge in [-0.15, -0.1) is 0 Å². The van der Waals surface area contributed by atoms with Crippen LogP contribution in [-0.2, 0) is 4.74 Å². The highest BCUT2D eigenvalue weighted by Gasteiger charge is 1.94. The van der Waals surface area contributed by atoms with Gasteiger partial charge in [0.25, 0.3) is 0 Å². The van der Waals surface area contributed by atoms with Gasteiger partial charge in [-0.25, -0.2) is 0 Å². The van der Waals surface area contributed by atoms with E-state index in [-0.39, 0.29) is 0 Å². The summed E-state index contributed by atoms with van der Waals surface area (Å²) in [7, 11) is 0. The molecule has 0 aromatic carbocycles. The summed E-state index contributed by atoms with van der Waals surface area (Å²) < 4.78 is 5.25. The van der Waals surface area contributed by atoms with E-state index in [4.69, 9.17) is 9.84 Å². The topological polar surface area (TPSA) is 29.5 Å². The molecule has 0 aromatic rings. The summed E-state index contributed by atoms with van der Waals surface area (Å²) in [5, 5.41) is 8.29. The highest BCUT2D eigenvalue weighted by Crippen LogP contribution is 1.96. The normalized spacial score (nSPS) is 10.3. The van der Waals surface area contributed by atoms with E-state index < -0.39 is 0 Å². The minimum Gasteiger partial charge on any atom is -0.396 e. The molecule has 1 N–H and O–H groups in total. The molecule has 0 spiro atoms. The first-order valence-electron chi connectivity index (χ1n) is 5.80. The molecule has 0 amide bonds. The standard InChI is InChI=1S/2C6H14O/c1-5(2)7-6(3)4;1-2-3-4-5-6-7/h5-6H,1-4H3;7H,2-6H2,1H3. The molecule has 0 saturated heterocycles. The molecule has 0 radical (unpaired) electrons. The van der Waals surface area contributed by atoms with E-state index in [1.807, 2.05) is 27.7 Å². The summed E-state index contributed by atoms with van der Waals surface area (Å²) >= 11 is 0. The van der Waals surface area contributed by atoms with Crippen LogP contribution >= 0.6 is 0 Å². The highest BCUT2D eigenvalue weighted by atomic mass is 16.5. The van der Waals surface area contributed by atoms with Gasteiger partial charge in [0.15, 0.2) is 0 Å². The lowest BCUT2D eigenvalue weighted by molar-refractivity contribution is 0.0300. The molecule has 0 aromatic heterocycles. The number of hydrogen-bond donors (Lipinski definition) is 1. The van der Waals surface area contributed by atoms with Crippen molar-refractivity contribution < 1.29 is 9.84 Å². The maximum atomic E-state index is 8.29. The third-order valence-corrected chi connectivity index (χ3v) is 1.56. The van der Waals surface area contributed by atoms with E-state index >= 15 is 0 Å². The Hall–Kier alpha value is -0.0800. The van der Waals surface area contributed by atoms with Crippen molar-refractivity contribution >= 4 is 0 Å². The number of unbranched alkanes of at least 4 members (excludes halogenated alkanes) is 3. The second-order valence-corrected chi connectivity index (χ2v) is 4.02. The van der Waals surface area contributed by atoms with Crippen molar-refractivity contribution in [3.63, 3.8) is 0 Å². The number of hydrogen-bond acceptors (Lipinski definition) is 2. The van der Waals surface area contributed by atoms with Crippen molar-refractivity contribution in [3.05, 3.63) is 0 Å². The zero-order valence-corrected chi connectivity index (χ0v) is 10.5. The molecule has 0 bridgehead atoms. The van der Waals surface area contributed by atoms with E-state index in [0.29, 0.717) is 18.8 Å². The molecular weight excluding hydrogens is 176 g/mol. The maximum absolute atomic E-state index is 8.29. The zero-order chi connectivity index (χ0) is 11.4. The summed E-state index contributed by atoms with van der Waals surface area (Å²) in [6, 6.07) is 0. The van der Waals surface area contributed by atoms with Gasteiger partial charge in [0.1, 0.15) is 0 Å². The molecule has 0 atom stereocenters. The molecule has 0 aliphatic rings. The molecule has 2 nitrogen and oxygen atoms in total. The molecule has 0 aliphatic carbocycles. The summed E-state index contributed by atoms with van der Waals surface area (Å²) in [5.74, 6) is 0. The van der Waals surface area contributed by atoms with Crippen LogP contribution in [0.5, 0.6) is 0 Å². The Kier molecular flexibility index (Phi) is 15.1. The fraction of sp³-hybridized carbons (Fsp3) is 1.00. The monoisotopic (exact) mass is 204 g/mol. The van der Waals surface area contributed by atoms with Gasteiger partial charge < -0.3 is 9.84 Å². The minimum absolute atomic E-state index is 0.361. The second-order valence-electron chi connectivity index (χ2n) is 4.02. The third kappa shape index (κ3) is 22.7. The molecule has 0 unspecified atom stereocenters. The van der Waals surface area contributed by atoms with Gasteiger partial charge >= 0.3 is 0 Å². The van der Waals surface area contributed by atoms with Crippen LogP contribution in [0.25, 0.3) is 0 Å². The Morgan fingerprint density at radius 2 is 1.43 bits per heavy atom. The fourth-order valence-electron chi connectivity index (χ4n) is 1.08. The van der Waals surface area contributed by atoms with Crippen molar-refractivity contribution in [3.8, 4) is 0 Å². The van der Waals surface area contributed by atoms with Crippen LogP contribution < -0.4 is 0 Å². The summed E-state index contributed by atoms with van der Waals surface area (Å²) in [6.07, 6.45) is 5.43. The molecule has 0 saturated carbocycles. The molecule has 2 heteroatoms. The van der Waals surface area contributed by atoms with Crippen LogP contribution in [0.15, 0.2) is 0 Å². The lowest BCUT2D eigenvalue weighted by atomic mass is 10.2. The molecule has 0 heterocycles. The second kappa shape index (κ2) is 12.9. The average molecular weight is 204 g/mol. The summed E-state index contributed by atoms with van der Waals surface area (Å²) in [6.45, 7) is 10.7. The Morgan fingerprint density at radius 3 is 1.64 bits per heavy atom. The van der Waals surface area contributed by atoms with E-state index in [1.54, 1.807) is 0 Å². The maximum Gasteiger partial charge on any atom is 0.0522 e.